The summed E-state index contributed by atoms with van der Waals surface area (Å²) in [6, 6.07) is 0.766. The van der Waals surface area contributed by atoms with E-state index in [9.17, 15) is 0 Å². The molecule has 0 bridgehead atoms. The largest absolute Gasteiger partial charge is 0.369 e. The second kappa shape index (κ2) is 5.61. The van der Waals surface area contributed by atoms with Crippen LogP contribution < -0.4 is 0 Å². The highest BCUT2D eigenvalue weighted by molar-refractivity contribution is 4.76. The lowest BCUT2D eigenvalue weighted by Crippen LogP contribution is -2.36. The normalized spacial score (nSPS) is 29.5. The van der Waals surface area contributed by atoms with Crippen LogP contribution in [-0.4, -0.2) is 31.8 Å². The summed E-state index contributed by atoms with van der Waals surface area (Å²) in [5.41, 5.74) is 0. The maximum atomic E-state index is 5.14. The number of ether oxygens (including phenoxy) is 1. The van der Waals surface area contributed by atoms with Crippen molar-refractivity contribution in [3.63, 3.8) is 0 Å². The van der Waals surface area contributed by atoms with Gasteiger partial charge in [0.25, 0.3) is 0 Å². The van der Waals surface area contributed by atoms with E-state index in [-0.39, 0.29) is 0 Å². The third kappa shape index (κ3) is 3.28. The first-order valence-corrected chi connectivity index (χ1v) is 5.47. The van der Waals surface area contributed by atoms with Crippen LogP contribution in [0.2, 0.25) is 0 Å². The molecule has 1 rings (SSSR count). The molecule has 78 valence electrons. The highest BCUT2D eigenvalue weighted by Crippen LogP contribution is 2.28. The Morgan fingerprint density at radius 1 is 1.23 bits per heavy atom. The van der Waals surface area contributed by atoms with Crippen molar-refractivity contribution < 1.29 is 4.74 Å². The van der Waals surface area contributed by atoms with Crippen LogP contribution in [0.1, 0.15) is 39.0 Å². The van der Waals surface area contributed by atoms with Gasteiger partial charge in [-0.1, -0.05) is 13.3 Å². The molecule has 0 aliphatic heterocycles. The van der Waals surface area contributed by atoms with E-state index in [4.69, 9.17) is 4.74 Å². The van der Waals surface area contributed by atoms with Crippen LogP contribution in [0.15, 0.2) is 0 Å². The molecule has 0 aromatic carbocycles. The van der Waals surface area contributed by atoms with E-state index in [1.165, 1.54) is 32.1 Å². The van der Waals surface area contributed by atoms with E-state index in [0.29, 0.717) is 0 Å². The quantitative estimate of drug-likeness (QED) is 0.624. The lowest BCUT2D eigenvalue weighted by molar-refractivity contribution is 0.0354. The van der Waals surface area contributed by atoms with Crippen molar-refractivity contribution in [2.45, 2.75) is 45.1 Å². The van der Waals surface area contributed by atoms with Crippen molar-refractivity contribution in [2.24, 2.45) is 5.92 Å². The van der Waals surface area contributed by atoms with Crippen LogP contribution in [0.25, 0.3) is 0 Å². The van der Waals surface area contributed by atoms with Gasteiger partial charge in [0.05, 0.1) is 6.73 Å². The van der Waals surface area contributed by atoms with Crippen molar-refractivity contribution in [3.05, 3.63) is 0 Å². The molecule has 2 nitrogen and oxygen atoms in total. The number of hydrogen-bond acceptors (Lipinski definition) is 2. The molecule has 0 atom stereocenters. The van der Waals surface area contributed by atoms with Crippen LogP contribution in [0.3, 0.4) is 0 Å². The smallest absolute Gasteiger partial charge is 0.0986 e. The van der Waals surface area contributed by atoms with Gasteiger partial charge in [0.2, 0.25) is 0 Å². The van der Waals surface area contributed by atoms with Gasteiger partial charge in [0, 0.05) is 13.2 Å². The topological polar surface area (TPSA) is 12.5 Å². The summed E-state index contributed by atoms with van der Waals surface area (Å²) in [5, 5.41) is 0. The Kier molecular flexibility index (Phi) is 4.74. The number of methoxy groups -OCH3 is 1. The molecule has 0 aromatic heterocycles. The fourth-order valence-electron chi connectivity index (χ4n) is 2.30. The second-order valence-corrected chi connectivity index (χ2v) is 4.26. The Labute approximate surface area is 82.3 Å². The first-order chi connectivity index (χ1) is 6.27. The second-order valence-electron chi connectivity index (χ2n) is 4.26. The van der Waals surface area contributed by atoms with Crippen molar-refractivity contribution in [3.8, 4) is 0 Å². The molecule has 0 amide bonds. The van der Waals surface area contributed by atoms with Gasteiger partial charge in [-0.25, -0.2) is 0 Å². The van der Waals surface area contributed by atoms with E-state index in [1.54, 1.807) is 7.11 Å². The SMILES string of the molecule is CC[C@H]1CC[C@@H](N(C)COC)CC1. The molecule has 1 aliphatic carbocycles. The average Bonchev–Trinajstić information content (AvgIpc) is 2.18. The molecule has 0 radical (unpaired) electrons. The maximum absolute atomic E-state index is 5.14. The molecule has 0 saturated heterocycles. The molecular formula is C11H23NO. The average molecular weight is 185 g/mol. The summed E-state index contributed by atoms with van der Waals surface area (Å²) in [7, 11) is 3.94. The molecule has 0 heterocycles. The minimum atomic E-state index is 0.766. The first kappa shape index (κ1) is 11.0. The highest BCUT2D eigenvalue weighted by atomic mass is 16.5. The van der Waals surface area contributed by atoms with Crippen LogP contribution in [-0.2, 0) is 4.74 Å². The highest BCUT2D eigenvalue weighted by Gasteiger charge is 2.22. The molecule has 0 N–H and O–H groups in total. The summed E-state index contributed by atoms with van der Waals surface area (Å²) in [5.74, 6) is 0.993. The van der Waals surface area contributed by atoms with Gasteiger partial charge in [-0.3, -0.25) is 4.90 Å². The third-order valence-corrected chi connectivity index (χ3v) is 3.35. The van der Waals surface area contributed by atoms with Crippen molar-refractivity contribution in [2.75, 3.05) is 20.9 Å². The monoisotopic (exact) mass is 185 g/mol. The Balaban J connectivity index is 2.23. The minimum absolute atomic E-state index is 0.766. The molecule has 1 fully saturated rings. The van der Waals surface area contributed by atoms with Crippen molar-refractivity contribution in [1.82, 2.24) is 4.90 Å². The van der Waals surface area contributed by atoms with Gasteiger partial charge < -0.3 is 4.74 Å². The molecule has 0 unspecified atom stereocenters. The fraction of sp³-hybridized carbons (Fsp3) is 1.00. The maximum Gasteiger partial charge on any atom is 0.0986 e. The van der Waals surface area contributed by atoms with Crippen molar-refractivity contribution >= 4 is 0 Å². The van der Waals surface area contributed by atoms with E-state index < -0.39 is 0 Å². The molecule has 1 saturated carbocycles. The summed E-state index contributed by atoms with van der Waals surface area (Å²) < 4.78 is 5.14. The number of rotatable bonds is 4. The summed E-state index contributed by atoms with van der Waals surface area (Å²) in [6.45, 7) is 3.09. The van der Waals surface area contributed by atoms with Gasteiger partial charge >= 0.3 is 0 Å². The predicted molar refractivity (Wildman–Crippen MR) is 55.7 cm³/mol. The van der Waals surface area contributed by atoms with Gasteiger partial charge in [-0.05, 0) is 38.6 Å². The molecule has 0 aromatic rings. The van der Waals surface area contributed by atoms with Crippen LogP contribution in [0, 0.1) is 5.92 Å². The Hall–Kier alpha value is -0.0800. The van der Waals surface area contributed by atoms with Crippen LogP contribution in [0.4, 0.5) is 0 Å². The molecular weight excluding hydrogens is 162 g/mol. The van der Waals surface area contributed by atoms with Crippen LogP contribution in [0.5, 0.6) is 0 Å². The van der Waals surface area contributed by atoms with E-state index in [1.807, 2.05) is 0 Å². The first-order valence-electron chi connectivity index (χ1n) is 5.47. The zero-order valence-electron chi connectivity index (χ0n) is 9.25. The minimum Gasteiger partial charge on any atom is -0.369 e. The standard InChI is InChI=1S/C11H23NO/c1-4-10-5-7-11(8-6-10)12(2)9-13-3/h10-11H,4-9H2,1-3H3/t10-,11+. The molecule has 2 heteroatoms. The van der Waals surface area contributed by atoms with Gasteiger partial charge in [-0.2, -0.15) is 0 Å². The van der Waals surface area contributed by atoms with Gasteiger partial charge in [0.15, 0.2) is 0 Å². The zero-order chi connectivity index (χ0) is 9.68. The fourth-order valence-corrected chi connectivity index (χ4v) is 2.30. The third-order valence-electron chi connectivity index (χ3n) is 3.35. The van der Waals surface area contributed by atoms with Crippen LogP contribution >= 0.6 is 0 Å². The number of hydrogen-bond donors (Lipinski definition) is 0. The zero-order valence-corrected chi connectivity index (χ0v) is 9.25. The van der Waals surface area contributed by atoms with E-state index >= 15 is 0 Å². The van der Waals surface area contributed by atoms with Gasteiger partial charge in [0.1, 0.15) is 0 Å². The lowest BCUT2D eigenvalue weighted by Gasteiger charge is -2.33. The van der Waals surface area contributed by atoms with Gasteiger partial charge in [-0.15, -0.1) is 0 Å². The van der Waals surface area contributed by atoms with E-state index in [0.717, 1.165) is 18.7 Å². The Morgan fingerprint density at radius 3 is 2.31 bits per heavy atom. The Morgan fingerprint density at radius 2 is 1.85 bits per heavy atom. The summed E-state index contributed by atoms with van der Waals surface area (Å²) in [6.07, 6.45) is 6.90. The number of nitrogens with zero attached hydrogens (tertiary/aromatic N) is 1. The molecule has 0 spiro atoms. The predicted octanol–water partition coefficient (Wildman–Crippen LogP) is 2.49. The molecule has 13 heavy (non-hydrogen) atoms. The van der Waals surface area contributed by atoms with Crippen molar-refractivity contribution in [1.29, 1.82) is 0 Å². The lowest BCUT2D eigenvalue weighted by atomic mass is 9.84. The molecule has 1 aliphatic rings. The Bertz CT molecular complexity index is 130. The summed E-state index contributed by atoms with van der Waals surface area (Å²) in [4.78, 5) is 2.34. The summed E-state index contributed by atoms with van der Waals surface area (Å²) >= 11 is 0. The van der Waals surface area contributed by atoms with E-state index in [2.05, 4.69) is 18.9 Å².